The minimum atomic E-state index is -4.00. The normalized spacial score (nSPS) is 12.2. The first-order valence-corrected chi connectivity index (χ1v) is 19.5. The molecule has 5 rings (SSSR count). The lowest BCUT2D eigenvalue weighted by Crippen LogP contribution is -2.40. The van der Waals surface area contributed by atoms with Crippen LogP contribution in [0.1, 0.15) is 33.8 Å². The average molecular weight is 768 g/mol. The third-order valence-electron chi connectivity index (χ3n) is 7.89. The SMILES string of the molecule is Cc1ccc(S(=O)(=O)N(CCc2ccccc2)CC(=O)N/N=C\c2ccc(CN(Cc3ccc(Cl)cc3Cl)S(=O)(=O)c3ccc(C)cc3)o2)cc1. The molecule has 0 aliphatic carbocycles. The quantitative estimate of drug-likeness (QED) is 0.0905. The Bertz CT molecular complexity index is 2210. The summed E-state index contributed by atoms with van der Waals surface area (Å²) >= 11 is 12.5. The highest BCUT2D eigenvalue weighted by molar-refractivity contribution is 7.89. The smallest absolute Gasteiger partial charge is 0.255 e. The first-order chi connectivity index (χ1) is 24.3. The van der Waals surface area contributed by atoms with Crippen LogP contribution >= 0.6 is 23.2 Å². The Morgan fingerprint density at radius 2 is 1.37 bits per heavy atom. The Hall–Kier alpha value is -4.30. The van der Waals surface area contributed by atoms with Gasteiger partial charge >= 0.3 is 0 Å². The summed E-state index contributed by atoms with van der Waals surface area (Å²) in [5.74, 6) is -0.118. The predicted molar refractivity (Wildman–Crippen MR) is 199 cm³/mol. The minimum absolute atomic E-state index is 0.0569. The Kier molecular flexibility index (Phi) is 12.5. The van der Waals surface area contributed by atoms with Crippen LogP contribution in [-0.2, 0) is 44.4 Å². The molecule has 0 atom stereocenters. The molecule has 0 radical (unpaired) electrons. The fourth-order valence-electron chi connectivity index (χ4n) is 5.05. The van der Waals surface area contributed by atoms with E-state index in [0.29, 0.717) is 27.8 Å². The van der Waals surface area contributed by atoms with E-state index in [4.69, 9.17) is 27.6 Å². The molecule has 5 aromatic rings. The number of carbonyl (C=O) groups excluding carboxylic acids is 1. The predicted octanol–water partition coefficient (Wildman–Crippen LogP) is 6.98. The monoisotopic (exact) mass is 766 g/mol. The second-order valence-corrected chi connectivity index (χ2v) is 16.5. The summed E-state index contributed by atoms with van der Waals surface area (Å²) in [6.07, 6.45) is 1.65. The van der Waals surface area contributed by atoms with E-state index in [1.165, 1.54) is 22.7 Å². The molecule has 266 valence electrons. The van der Waals surface area contributed by atoms with Crippen LogP contribution in [0.25, 0.3) is 0 Å². The number of aryl methyl sites for hydroxylation is 2. The molecule has 1 N–H and O–H groups in total. The standard InChI is InChI=1S/C37H36Cl2N4O6S2/c1-27-8-16-34(17-9-27)50(45,46)42(21-20-29-6-4-3-5-7-29)26-37(44)41-40-23-32-14-15-33(49-32)25-43(24-30-12-13-31(38)22-36(30)39)51(47,48)35-18-10-28(2)11-19-35/h3-19,22-23H,20-21,24-26H2,1-2H3,(H,41,44)/b40-23-. The summed E-state index contributed by atoms with van der Waals surface area (Å²) in [7, 11) is -7.99. The molecule has 1 aromatic heterocycles. The molecule has 1 heterocycles. The average Bonchev–Trinajstić information content (AvgIpc) is 3.55. The molecule has 0 aliphatic heterocycles. The zero-order valence-corrected chi connectivity index (χ0v) is 31.0. The summed E-state index contributed by atoms with van der Waals surface area (Å²) in [4.78, 5) is 13.2. The number of halogens is 2. The molecular formula is C37H36Cl2N4O6S2. The Morgan fingerprint density at radius 1 is 0.765 bits per heavy atom. The van der Waals surface area contributed by atoms with Gasteiger partial charge in [-0.3, -0.25) is 4.79 Å². The van der Waals surface area contributed by atoms with Gasteiger partial charge in [0.25, 0.3) is 5.91 Å². The second-order valence-electron chi connectivity index (χ2n) is 11.8. The Labute approximate surface area is 308 Å². The van der Waals surface area contributed by atoms with Gasteiger partial charge in [0, 0.05) is 23.1 Å². The maximum atomic E-state index is 13.8. The molecule has 0 fully saturated rings. The zero-order valence-electron chi connectivity index (χ0n) is 27.9. The molecule has 0 saturated carbocycles. The maximum absolute atomic E-state index is 13.8. The largest absolute Gasteiger partial charge is 0.459 e. The lowest BCUT2D eigenvalue weighted by Gasteiger charge is -2.22. The first-order valence-electron chi connectivity index (χ1n) is 15.8. The fourth-order valence-corrected chi connectivity index (χ4v) is 8.30. The topological polar surface area (TPSA) is 129 Å². The number of benzene rings is 4. The van der Waals surface area contributed by atoms with Crippen molar-refractivity contribution in [3.63, 3.8) is 0 Å². The summed E-state index contributed by atoms with van der Waals surface area (Å²) in [5, 5.41) is 4.70. The van der Waals surface area contributed by atoms with Crippen LogP contribution < -0.4 is 5.43 Å². The maximum Gasteiger partial charge on any atom is 0.255 e. The lowest BCUT2D eigenvalue weighted by atomic mass is 10.1. The van der Waals surface area contributed by atoms with E-state index in [9.17, 15) is 21.6 Å². The number of nitrogens with zero attached hydrogens (tertiary/aromatic N) is 3. The van der Waals surface area contributed by atoms with Crippen molar-refractivity contribution < 1.29 is 26.0 Å². The molecule has 51 heavy (non-hydrogen) atoms. The van der Waals surface area contributed by atoms with Crippen molar-refractivity contribution in [2.75, 3.05) is 13.1 Å². The van der Waals surface area contributed by atoms with Gasteiger partial charge in [-0.1, -0.05) is 95.0 Å². The van der Waals surface area contributed by atoms with E-state index in [2.05, 4.69) is 10.5 Å². The highest BCUT2D eigenvalue weighted by Crippen LogP contribution is 2.27. The van der Waals surface area contributed by atoms with Crippen LogP contribution in [0.3, 0.4) is 0 Å². The van der Waals surface area contributed by atoms with Crippen LogP contribution in [0.15, 0.2) is 129 Å². The number of nitrogens with one attached hydrogen (secondary N) is 1. The van der Waals surface area contributed by atoms with E-state index in [1.54, 1.807) is 66.7 Å². The molecule has 10 nitrogen and oxygen atoms in total. The third-order valence-corrected chi connectivity index (χ3v) is 12.1. The highest BCUT2D eigenvalue weighted by atomic mass is 35.5. The van der Waals surface area contributed by atoms with Gasteiger partial charge in [0.2, 0.25) is 20.0 Å². The van der Waals surface area contributed by atoms with Gasteiger partial charge in [-0.15, -0.1) is 0 Å². The van der Waals surface area contributed by atoms with Gasteiger partial charge in [0.15, 0.2) is 0 Å². The molecular weight excluding hydrogens is 731 g/mol. The number of amides is 1. The van der Waals surface area contributed by atoms with Crippen LogP contribution in [0.2, 0.25) is 10.0 Å². The second kappa shape index (κ2) is 16.8. The number of furan rings is 1. The molecule has 1 amide bonds. The van der Waals surface area contributed by atoms with Crippen molar-refractivity contribution in [3.8, 4) is 0 Å². The molecule has 14 heteroatoms. The van der Waals surface area contributed by atoms with E-state index >= 15 is 0 Å². The highest BCUT2D eigenvalue weighted by Gasteiger charge is 2.28. The number of rotatable bonds is 15. The van der Waals surface area contributed by atoms with Gasteiger partial charge in [0.1, 0.15) is 11.5 Å². The van der Waals surface area contributed by atoms with Gasteiger partial charge in [0.05, 0.1) is 29.1 Å². The Morgan fingerprint density at radius 3 is 1.98 bits per heavy atom. The first kappa shape index (κ1) is 37.9. The van der Waals surface area contributed by atoms with Crippen LogP contribution in [0.5, 0.6) is 0 Å². The number of hydrogen-bond donors (Lipinski definition) is 1. The van der Waals surface area contributed by atoms with E-state index in [0.717, 1.165) is 21.0 Å². The third kappa shape index (κ3) is 10.2. The van der Waals surface area contributed by atoms with Crippen molar-refractivity contribution in [1.29, 1.82) is 0 Å². The summed E-state index contributed by atoms with van der Waals surface area (Å²) in [6, 6.07) is 30.4. The van der Waals surface area contributed by atoms with Gasteiger partial charge in [-0.2, -0.15) is 13.7 Å². The van der Waals surface area contributed by atoms with Gasteiger partial charge in [-0.05, 0) is 79.9 Å². The van der Waals surface area contributed by atoms with Crippen molar-refractivity contribution in [2.24, 2.45) is 5.10 Å². The number of hydrogen-bond acceptors (Lipinski definition) is 7. The summed E-state index contributed by atoms with van der Waals surface area (Å²) in [5.41, 5.74) is 5.67. The molecule has 0 bridgehead atoms. The zero-order chi connectivity index (χ0) is 36.6. The van der Waals surface area contributed by atoms with Crippen LogP contribution in [-0.4, -0.2) is 50.7 Å². The molecule has 0 aliphatic rings. The van der Waals surface area contributed by atoms with Gasteiger partial charge < -0.3 is 4.42 Å². The summed E-state index contributed by atoms with van der Waals surface area (Å²) < 4.78 is 62.8. The molecule has 0 unspecified atom stereocenters. The van der Waals surface area contributed by atoms with E-state index in [1.807, 2.05) is 44.2 Å². The lowest BCUT2D eigenvalue weighted by molar-refractivity contribution is -0.121. The minimum Gasteiger partial charge on any atom is -0.459 e. The van der Waals surface area contributed by atoms with Crippen molar-refractivity contribution in [1.82, 2.24) is 14.0 Å². The number of carbonyl (C=O) groups is 1. The van der Waals surface area contributed by atoms with E-state index in [-0.39, 0.29) is 35.2 Å². The van der Waals surface area contributed by atoms with Gasteiger partial charge in [-0.25, -0.2) is 22.3 Å². The molecule has 0 saturated heterocycles. The Balaban J connectivity index is 1.28. The van der Waals surface area contributed by atoms with E-state index < -0.39 is 32.5 Å². The number of sulfonamides is 2. The van der Waals surface area contributed by atoms with Crippen molar-refractivity contribution >= 4 is 55.4 Å². The molecule has 4 aromatic carbocycles. The summed E-state index contributed by atoms with van der Waals surface area (Å²) in [6.45, 7) is 3.13. The fraction of sp³-hybridized carbons (Fsp3) is 0.189. The van der Waals surface area contributed by atoms with Crippen LogP contribution in [0.4, 0.5) is 0 Å². The molecule has 0 spiro atoms. The van der Waals surface area contributed by atoms with Crippen molar-refractivity contribution in [3.05, 3.63) is 153 Å². The van der Waals surface area contributed by atoms with Crippen molar-refractivity contribution in [2.45, 2.75) is 43.1 Å². The van der Waals surface area contributed by atoms with Crippen LogP contribution in [0, 0.1) is 13.8 Å². The number of hydrazone groups is 1.